The zero-order valence-electron chi connectivity index (χ0n) is 20.7. The van der Waals surface area contributed by atoms with Crippen molar-refractivity contribution in [2.45, 2.75) is 51.9 Å². The fourth-order valence-electron chi connectivity index (χ4n) is 3.61. The number of benzene rings is 3. The third-order valence-electron chi connectivity index (χ3n) is 5.68. The first-order valence-corrected chi connectivity index (χ1v) is 12.6. The van der Waals surface area contributed by atoms with E-state index in [4.69, 9.17) is 14.2 Å². The van der Waals surface area contributed by atoms with E-state index in [1.807, 2.05) is 54.6 Å². The van der Waals surface area contributed by atoms with Crippen molar-refractivity contribution in [3.8, 4) is 28.4 Å². The molecule has 0 atom stereocenters. The van der Waals surface area contributed by atoms with E-state index in [-0.39, 0.29) is 5.97 Å². The molecule has 0 heterocycles. The van der Waals surface area contributed by atoms with Crippen molar-refractivity contribution in [3.05, 3.63) is 91.0 Å². The zero-order chi connectivity index (χ0) is 24.7. The number of esters is 1. The van der Waals surface area contributed by atoms with E-state index in [1.165, 1.54) is 19.3 Å². The predicted octanol–water partition coefficient (Wildman–Crippen LogP) is 8.27. The maximum atomic E-state index is 12.6. The maximum Gasteiger partial charge on any atom is 0.343 e. The lowest BCUT2D eigenvalue weighted by Gasteiger charge is -2.09. The largest absolute Gasteiger partial charge is 0.494 e. The average Bonchev–Trinajstić information content (AvgIpc) is 2.90. The van der Waals surface area contributed by atoms with Crippen molar-refractivity contribution in [3.63, 3.8) is 0 Å². The quantitative estimate of drug-likeness (QED) is 0.0966. The van der Waals surface area contributed by atoms with Crippen LogP contribution in [0.3, 0.4) is 0 Å². The zero-order valence-corrected chi connectivity index (χ0v) is 20.7. The molecule has 0 aliphatic rings. The second kappa shape index (κ2) is 14.7. The molecule has 0 saturated heterocycles. The van der Waals surface area contributed by atoms with Crippen LogP contribution >= 0.6 is 0 Å². The van der Waals surface area contributed by atoms with Gasteiger partial charge in [0.2, 0.25) is 0 Å². The lowest BCUT2D eigenvalue weighted by molar-refractivity contribution is 0.0734. The molecule has 4 nitrogen and oxygen atoms in total. The molecule has 3 aromatic carbocycles. The number of ether oxygens (including phenoxy) is 3. The van der Waals surface area contributed by atoms with Crippen LogP contribution in [0.15, 0.2) is 85.5 Å². The number of carbonyl (C=O) groups is 1. The number of rotatable bonds is 15. The second-order valence-electron chi connectivity index (χ2n) is 8.50. The summed E-state index contributed by atoms with van der Waals surface area (Å²) in [4.78, 5) is 12.6. The number of hydrogen-bond donors (Lipinski definition) is 0. The standard InChI is InChI=1S/C31H36O4/c1-3-5-7-9-23-33-28-17-15-26(16-18-28)25-11-13-27(14-12-25)31(32)35-30-21-19-29(20-22-30)34-24-10-8-6-4-2/h3,11-22H,1,4-10,23-24H2,2H3. The molecule has 0 fully saturated rings. The Balaban J connectivity index is 1.47. The summed E-state index contributed by atoms with van der Waals surface area (Å²) in [6, 6.07) is 22.6. The minimum Gasteiger partial charge on any atom is -0.494 e. The lowest BCUT2D eigenvalue weighted by Crippen LogP contribution is -2.08. The molecule has 35 heavy (non-hydrogen) atoms. The van der Waals surface area contributed by atoms with E-state index in [9.17, 15) is 4.79 Å². The third kappa shape index (κ3) is 8.97. The van der Waals surface area contributed by atoms with Gasteiger partial charge in [0.15, 0.2) is 0 Å². The van der Waals surface area contributed by atoms with Crippen molar-refractivity contribution in [2.75, 3.05) is 13.2 Å². The summed E-state index contributed by atoms with van der Waals surface area (Å²) in [5, 5.41) is 0. The highest BCUT2D eigenvalue weighted by Crippen LogP contribution is 2.24. The predicted molar refractivity (Wildman–Crippen MR) is 142 cm³/mol. The highest BCUT2D eigenvalue weighted by molar-refractivity contribution is 5.91. The maximum absolute atomic E-state index is 12.6. The van der Waals surface area contributed by atoms with Gasteiger partial charge in [0.05, 0.1) is 18.8 Å². The second-order valence-corrected chi connectivity index (χ2v) is 8.50. The number of hydrogen-bond acceptors (Lipinski definition) is 4. The first kappa shape index (κ1) is 26.1. The van der Waals surface area contributed by atoms with Crippen LogP contribution < -0.4 is 14.2 Å². The molecule has 0 spiro atoms. The van der Waals surface area contributed by atoms with Crippen LogP contribution in [0.4, 0.5) is 0 Å². The summed E-state index contributed by atoms with van der Waals surface area (Å²) in [7, 11) is 0. The Morgan fingerprint density at radius 2 is 1.20 bits per heavy atom. The van der Waals surface area contributed by atoms with Gasteiger partial charge in [-0.1, -0.05) is 56.5 Å². The highest BCUT2D eigenvalue weighted by atomic mass is 16.5. The van der Waals surface area contributed by atoms with E-state index in [0.29, 0.717) is 24.5 Å². The van der Waals surface area contributed by atoms with Crippen LogP contribution in [0.2, 0.25) is 0 Å². The summed E-state index contributed by atoms with van der Waals surface area (Å²) in [6.45, 7) is 7.34. The van der Waals surface area contributed by atoms with E-state index >= 15 is 0 Å². The smallest absolute Gasteiger partial charge is 0.343 e. The normalized spacial score (nSPS) is 10.5. The number of allylic oxidation sites excluding steroid dienone is 1. The Morgan fingerprint density at radius 3 is 1.77 bits per heavy atom. The lowest BCUT2D eigenvalue weighted by atomic mass is 10.0. The molecule has 0 bridgehead atoms. The van der Waals surface area contributed by atoms with Crippen LogP contribution in [0.25, 0.3) is 11.1 Å². The monoisotopic (exact) mass is 472 g/mol. The van der Waals surface area contributed by atoms with Gasteiger partial charge >= 0.3 is 5.97 Å². The molecule has 0 aliphatic heterocycles. The minimum atomic E-state index is -0.384. The summed E-state index contributed by atoms with van der Waals surface area (Å²) < 4.78 is 17.0. The molecule has 0 unspecified atom stereocenters. The van der Waals surface area contributed by atoms with E-state index in [2.05, 4.69) is 13.5 Å². The van der Waals surface area contributed by atoms with Crippen molar-refractivity contribution >= 4 is 5.97 Å². The molecule has 3 aromatic rings. The number of carbonyl (C=O) groups excluding carboxylic acids is 1. The molecule has 0 saturated carbocycles. The van der Waals surface area contributed by atoms with Gasteiger partial charge in [-0.2, -0.15) is 0 Å². The van der Waals surface area contributed by atoms with Gasteiger partial charge in [0.1, 0.15) is 17.2 Å². The van der Waals surface area contributed by atoms with Crippen LogP contribution in [-0.4, -0.2) is 19.2 Å². The SMILES string of the molecule is C=CCCCCOc1ccc(-c2ccc(C(=O)Oc3ccc(OCCCCCC)cc3)cc2)cc1. The van der Waals surface area contributed by atoms with Crippen molar-refractivity contribution in [2.24, 2.45) is 0 Å². The number of unbranched alkanes of at least 4 members (excludes halogenated alkanes) is 5. The molecular weight excluding hydrogens is 436 g/mol. The Bertz CT molecular complexity index is 1020. The molecule has 0 radical (unpaired) electrons. The van der Waals surface area contributed by atoms with Gasteiger partial charge < -0.3 is 14.2 Å². The Hall–Kier alpha value is -3.53. The molecule has 4 heteroatoms. The summed E-state index contributed by atoms with van der Waals surface area (Å²) in [6.07, 6.45) is 9.74. The molecule has 0 aromatic heterocycles. The summed E-state index contributed by atoms with van der Waals surface area (Å²) >= 11 is 0. The van der Waals surface area contributed by atoms with E-state index < -0.39 is 0 Å². The molecule has 0 aliphatic carbocycles. The molecule has 184 valence electrons. The topological polar surface area (TPSA) is 44.8 Å². The Labute approximate surface area is 209 Å². The average molecular weight is 473 g/mol. The van der Waals surface area contributed by atoms with Gasteiger partial charge in [0, 0.05) is 0 Å². The minimum absolute atomic E-state index is 0.384. The van der Waals surface area contributed by atoms with E-state index in [0.717, 1.165) is 48.3 Å². The molecule has 3 rings (SSSR count). The van der Waals surface area contributed by atoms with E-state index in [1.54, 1.807) is 24.3 Å². The van der Waals surface area contributed by atoms with Crippen LogP contribution in [0, 0.1) is 0 Å². The van der Waals surface area contributed by atoms with Gasteiger partial charge in [-0.05, 0) is 85.3 Å². The summed E-state index contributed by atoms with van der Waals surface area (Å²) in [5.74, 6) is 1.76. The fraction of sp³-hybridized carbons (Fsp3) is 0.323. The fourth-order valence-corrected chi connectivity index (χ4v) is 3.61. The molecule has 0 amide bonds. The van der Waals surface area contributed by atoms with Gasteiger partial charge in [-0.3, -0.25) is 0 Å². The van der Waals surface area contributed by atoms with Gasteiger partial charge in [0.25, 0.3) is 0 Å². The highest BCUT2D eigenvalue weighted by Gasteiger charge is 2.09. The Kier molecular flexibility index (Phi) is 10.9. The van der Waals surface area contributed by atoms with Crippen LogP contribution in [0.5, 0.6) is 17.2 Å². The first-order chi connectivity index (χ1) is 17.2. The molecular formula is C31H36O4. The van der Waals surface area contributed by atoms with Crippen molar-refractivity contribution in [1.29, 1.82) is 0 Å². The van der Waals surface area contributed by atoms with Crippen molar-refractivity contribution in [1.82, 2.24) is 0 Å². The van der Waals surface area contributed by atoms with Crippen molar-refractivity contribution < 1.29 is 19.0 Å². The van der Waals surface area contributed by atoms with Gasteiger partial charge in [-0.15, -0.1) is 6.58 Å². The van der Waals surface area contributed by atoms with Crippen LogP contribution in [0.1, 0.15) is 62.2 Å². The third-order valence-corrected chi connectivity index (χ3v) is 5.68. The van der Waals surface area contributed by atoms with Crippen LogP contribution in [-0.2, 0) is 0 Å². The van der Waals surface area contributed by atoms with Gasteiger partial charge in [-0.25, -0.2) is 4.79 Å². The molecule has 0 N–H and O–H groups in total. The summed E-state index contributed by atoms with van der Waals surface area (Å²) in [5.41, 5.74) is 2.60. The first-order valence-electron chi connectivity index (χ1n) is 12.6. The Morgan fingerprint density at radius 1 is 0.686 bits per heavy atom.